The fourth-order valence-electron chi connectivity index (χ4n) is 2.10. The molecule has 0 spiro atoms. The number of nitrogens with zero attached hydrogens (tertiary/aromatic N) is 1. The van der Waals surface area contributed by atoms with E-state index in [1.54, 1.807) is 4.90 Å². The molecule has 6 nitrogen and oxygen atoms in total. The van der Waals surface area contributed by atoms with Crippen molar-refractivity contribution in [2.24, 2.45) is 0 Å². The lowest BCUT2D eigenvalue weighted by molar-refractivity contribution is 0.127. The molecule has 1 aromatic rings. The molecule has 0 saturated carbocycles. The zero-order valence-electron chi connectivity index (χ0n) is 11.4. The molecule has 1 aliphatic heterocycles. The summed E-state index contributed by atoms with van der Waals surface area (Å²) in [4.78, 5) is 24.5. The zero-order valence-corrected chi connectivity index (χ0v) is 11.4. The van der Waals surface area contributed by atoms with Gasteiger partial charge in [0, 0.05) is 13.1 Å². The first-order valence-corrected chi connectivity index (χ1v) is 6.49. The van der Waals surface area contributed by atoms with Gasteiger partial charge in [0.25, 0.3) is 0 Å². The highest BCUT2D eigenvalue weighted by molar-refractivity contribution is 5.69. The summed E-state index contributed by atoms with van der Waals surface area (Å²) in [6.45, 7) is 1.27. The van der Waals surface area contributed by atoms with E-state index in [1.165, 1.54) is 7.11 Å². The number of ether oxygens (including phenoxy) is 2. The molecule has 2 rings (SSSR count). The average Bonchev–Trinajstić information content (AvgIpc) is 2.94. The highest BCUT2D eigenvalue weighted by Gasteiger charge is 2.28. The van der Waals surface area contributed by atoms with Gasteiger partial charge in [-0.05, 0) is 12.0 Å². The van der Waals surface area contributed by atoms with Gasteiger partial charge in [0.15, 0.2) is 0 Å². The summed E-state index contributed by atoms with van der Waals surface area (Å²) in [5, 5.41) is 2.75. The molecule has 1 heterocycles. The van der Waals surface area contributed by atoms with Gasteiger partial charge in [-0.2, -0.15) is 0 Å². The topological polar surface area (TPSA) is 67.9 Å². The molecule has 108 valence electrons. The molecule has 20 heavy (non-hydrogen) atoms. The number of benzene rings is 1. The molecule has 1 aliphatic rings. The summed E-state index contributed by atoms with van der Waals surface area (Å²) in [5.41, 5.74) is 0.935. The minimum Gasteiger partial charge on any atom is -0.453 e. The van der Waals surface area contributed by atoms with Crippen molar-refractivity contribution in [1.82, 2.24) is 10.2 Å². The first-order valence-electron chi connectivity index (χ1n) is 6.49. The Balaban J connectivity index is 1.72. The van der Waals surface area contributed by atoms with Crippen LogP contribution in [0.3, 0.4) is 0 Å². The van der Waals surface area contributed by atoms with Crippen LogP contribution in [-0.2, 0) is 16.1 Å². The van der Waals surface area contributed by atoms with E-state index in [0.29, 0.717) is 19.5 Å². The lowest BCUT2D eigenvalue weighted by atomic mass is 10.2. The van der Waals surface area contributed by atoms with E-state index in [-0.39, 0.29) is 18.7 Å². The Kier molecular flexibility index (Phi) is 4.81. The summed E-state index contributed by atoms with van der Waals surface area (Å²) in [5.74, 6) is 0. The Morgan fingerprint density at radius 3 is 2.80 bits per heavy atom. The number of likely N-dealkylation sites (tertiary alicyclic amines) is 1. The number of nitrogens with one attached hydrogen (secondary N) is 1. The van der Waals surface area contributed by atoms with Crippen LogP contribution >= 0.6 is 0 Å². The van der Waals surface area contributed by atoms with E-state index in [4.69, 9.17) is 4.74 Å². The van der Waals surface area contributed by atoms with E-state index < -0.39 is 6.09 Å². The van der Waals surface area contributed by atoms with Crippen LogP contribution in [-0.4, -0.2) is 43.3 Å². The van der Waals surface area contributed by atoms with Crippen molar-refractivity contribution in [3.8, 4) is 0 Å². The van der Waals surface area contributed by atoms with Gasteiger partial charge in [0.2, 0.25) is 0 Å². The third kappa shape index (κ3) is 3.88. The summed E-state index contributed by atoms with van der Waals surface area (Å²) in [6, 6.07) is 9.38. The predicted molar refractivity (Wildman–Crippen MR) is 72.1 cm³/mol. The maximum absolute atomic E-state index is 11.7. The first-order chi connectivity index (χ1) is 9.69. The van der Waals surface area contributed by atoms with E-state index in [9.17, 15) is 9.59 Å². The van der Waals surface area contributed by atoms with Crippen LogP contribution in [0.1, 0.15) is 12.0 Å². The van der Waals surface area contributed by atoms with Gasteiger partial charge in [0.05, 0.1) is 13.2 Å². The minimum absolute atomic E-state index is 0.0858. The van der Waals surface area contributed by atoms with Crippen molar-refractivity contribution in [3.05, 3.63) is 35.9 Å². The monoisotopic (exact) mass is 278 g/mol. The number of carbonyl (C=O) groups excluding carboxylic acids is 2. The number of amides is 2. The second kappa shape index (κ2) is 6.79. The number of alkyl carbamates (subject to hydrolysis) is 1. The summed E-state index contributed by atoms with van der Waals surface area (Å²) in [7, 11) is 1.34. The number of rotatable bonds is 3. The first kappa shape index (κ1) is 14.2. The van der Waals surface area contributed by atoms with Crippen LogP contribution in [0.25, 0.3) is 0 Å². The van der Waals surface area contributed by atoms with Crippen LogP contribution in [0.2, 0.25) is 0 Å². The van der Waals surface area contributed by atoms with Gasteiger partial charge >= 0.3 is 12.2 Å². The van der Waals surface area contributed by atoms with E-state index in [1.807, 2.05) is 30.3 Å². The number of hydrogen-bond acceptors (Lipinski definition) is 4. The Hall–Kier alpha value is -2.24. The molecule has 1 fully saturated rings. The van der Waals surface area contributed by atoms with Crippen molar-refractivity contribution in [2.45, 2.75) is 19.1 Å². The van der Waals surface area contributed by atoms with Crippen LogP contribution in [0.15, 0.2) is 30.3 Å². The number of hydrogen-bond donors (Lipinski definition) is 1. The predicted octanol–water partition coefficient (Wildman–Crippen LogP) is 1.75. The van der Waals surface area contributed by atoms with Crippen molar-refractivity contribution < 1.29 is 19.1 Å². The molecular weight excluding hydrogens is 260 g/mol. The fourth-order valence-corrected chi connectivity index (χ4v) is 2.10. The van der Waals surface area contributed by atoms with Gasteiger partial charge in [0.1, 0.15) is 6.61 Å². The Morgan fingerprint density at radius 2 is 2.10 bits per heavy atom. The standard InChI is InChI=1S/C14H18N2O4/c1-19-14(18)16-8-7-12(9-16)15-13(17)20-10-11-5-3-2-4-6-11/h2-6,12H,7-10H2,1H3,(H,15,17)/t12-/m1/s1. The third-order valence-electron chi connectivity index (χ3n) is 3.16. The van der Waals surface area contributed by atoms with Gasteiger partial charge in [-0.25, -0.2) is 9.59 Å². The molecule has 1 atom stereocenters. The van der Waals surface area contributed by atoms with Gasteiger partial charge in [-0.3, -0.25) is 0 Å². The molecular formula is C14H18N2O4. The maximum atomic E-state index is 11.7. The van der Waals surface area contributed by atoms with E-state index in [2.05, 4.69) is 10.1 Å². The van der Waals surface area contributed by atoms with Gasteiger partial charge in [-0.15, -0.1) is 0 Å². The molecule has 0 radical (unpaired) electrons. The zero-order chi connectivity index (χ0) is 14.4. The van der Waals surface area contributed by atoms with Crippen molar-refractivity contribution in [1.29, 1.82) is 0 Å². The molecule has 0 unspecified atom stereocenters. The lowest BCUT2D eigenvalue weighted by Gasteiger charge is -2.15. The largest absolute Gasteiger partial charge is 0.453 e. The second-order valence-electron chi connectivity index (χ2n) is 4.61. The highest BCUT2D eigenvalue weighted by Crippen LogP contribution is 2.10. The SMILES string of the molecule is COC(=O)N1CC[C@@H](NC(=O)OCc2ccccc2)C1. The van der Waals surface area contributed by atoms with Crippen LogP contribution in [0.4, 0.5) is 9.59 Å². The van der Waals surface area contributed by atoms with Crippen LogP contribution in [0, 0.1) is 0 Å². The summed E-state index contributed by atoms with van der Waals surface area (Å²) < 4.78 is 9.76. The highest BCUT2D eigenvalue weighted by atomic mass is 16.6. The van der Waals surface area contributed by atoms with Crippen LogP contribution < -0.4 is 5.32 Å². The molecule has 0 aliphatic carbocycles. The molecule has 1 N–H and O–H groups in total. The lowest BCUT2D eigenvalue weighted by Crippen LogP contribution is -2.38. The molecule has 1 saturated heterocycles. The van der Waals surface area contributed by atoms with Gasteiger partial charge in [-0.1, -0.05) is 30.3 Å². The Morgan fingerprint density at radius 1 is 1.35 bits per heavy atom. The molecule has 0 aromatic heterocycles. The Bertz CT molecular complexity index is 464. The maximum Gasteiger partial charge on any atom is 0.409 e. The molecule has 6 heteroatoms. The Labute approximate surface area is 117 Å². The summed E-state index contributed by atoms with van der Waals surface area (Å²) >= 11 is 0. The van der Waals surface area contributed by atoms with Crippen molar-refractivity contribution in [3.63, 3.8) is 0 Å². The summed E-state index contributed by atoms with van der Waals surface area (Å²) in [6.07, 6.45) is -0.132. The average molecular weight is 278 g/mol. The van der Waals surface area contributed by atoms with Crippen LogP contribution in [0.5, 0.6) is 0 Å². The van der Waals surface area contributed by atoms with Crippen molar-refractivity contribution >= 4 is 12.2 Å². The molecule has 2 amide bonds. The minimum atomic E-state index is -0.467. The smallest absolute Gasteiger partial charge is 0.409 e. The normalized spacial score (nSPS) is 17.6. The quantitative estimate of drug-likeness (QED) is 0.914. The van der Waals surface area contributed by atoms with Gasteiger partial charge < -0.3 is 19.7 Å². The fraction of sp³-hybridized carbons (Fsp3) is 0.429. The molecule has 1 aromatic carbocycles. The second-order valence-corrected chi connectivity index (χ2v) is 4.61. The number of methoxy groups -OCH3 is 1. The van der Waals surface area contributed by atoms with E-state index in [0.717, 1.165) is 5.56 Å². The van der Waals surface area contributed by atoms with E-state index >= 15 is 0 Å². The third-order valence-corrected chi connectivity index (χ3v) is 3.16. The van der Waals surface area contributed by atoms with Crippen molar-refractivity contribution in [2.75, 3.05) is 20.2 Å². The number of carbonyl (C=O) groups is 2. The molecule has 0 bridgehead atoms.